The summed E-state index contributed by atoms with van der Waals surface area (Å²) in [5.74, 6) is 0.364. The molecule has 0 bridgehead atoms. The molecule has 0 aliphatic carbocycles. The Labute approximate surface area is 99.6 Å². The van der Waals surface area contributed by atoms with E-state index in [0.717, 1.165) is 12.0 Å². The minimum atomic E-state index is -0.291. The maximum atomic E-state index is 13.0. The largest absolute Gasteiger partial charge is 0.330 e. The van der Waals surface area contributed by atoms with Crippen LogP contribution in [-0.2, 0) is 5.75 Å². The van der Waals surface area contributed by atoms with Crippen LogP contribution >= 0.6 is 11.8 Å². The molecule has 4 heteroatoms. The van der Waals surface area contributed by atoms with Gasteiger partial charge in [-0.25, -0.2) is 4.39 Å². The molecule has 2 N–H and O–H groups in total. The quantitative estimate of drug-likeness (QED) is 0.858. The lowest BCUT2D eigenvalue weighted by Gasteiger charge is -2.10. The SMILES string of the molecule is CC(CCN)SCc1cc(F)ccc1C#N. The second kappa shape index (κ2) is 6.51. The highest BCUT2D eigenvalue weighted by molar-refractivity contribution is 7.99. The van der Waals surface area contributed by atoms with Gasteiger partial charge in [0.2, 0.25) is 0 Å². The van der Waals surface area contributed by atoms with Crippen LogP contribution in [0, 0.1) is 17.1 Å². The first-order valence-electron chi connectivity index (χ1n) is 5.17. The number of hydrogen-bond donors (Lipinski definition) is 1. The van der Waals surface area contributed by atoms with Crippen molar-refractivity contribution in [1.29, 1.82) is 5.26 Å². The Bertz CT molecular complexity index is 387. The molecule has 0 heterocycles. The van der Waals surface area contributed by atoms with Crippen molar-refractivity contribution in [3.8, 4) is 6.07 Å². The lowest BCUT2D eigenvalue weighted by molar-refractivity contribution is 0.626. The number of thioether (sulfide) groups is 1. The van der Waals surface area contributed by atoms with Gasteiger partial charge in [-0.3, -0.25) is 0 Å². The third-order valence-corrected chi connectivity index (χ3v) is 3.57. The molecule has 2 nitrogen and oxygen atoms in total. The fourth-order valence-corrected chi connectivity index (χ4v) is 2.35. The molecule has 86 valence electrons. The zero-order valence-corrected chi connectivity index (χ0v) is 10.1. The third kappa shape index (κ3) is 3.84. The Hall–Kier alpha value is -1.05. The second-order valence-electron chi connectivity index (χ2n) is 3.61. The average Bonchev–Trinajstić information content (AvgIpc) is 2.27. The zero-order valence-electron chi connectivity index (χ0n) is 9.24. The Balaban J connectivity index is 2.66. The second-order valence-corrected chi connectivity index (χ2v) is 5.04. The molecule has 0 saturated heterocycles. The van der Waals surface area contributed by atoms with E-state index in [1.165, 1.54) is 18.2 Å². The highest BCUT2D eigenvalue weighted by atomic mass is 32.2. The Morgan fingerprint density at radius 1 is 1.56 bits per heavy atom. The van der Waals surface area contributed by atoms with Gasteiger partial charge in [-0.2, -0.15) is 17.0 Å². The van der Waals surface area contributed by atoms with Crippen LogP contribution in [0.5, 0.6) is 0 Å². The van der Waals surface area contributed by atoms with Gasteiger partial charge in [-0.1, -0.05) is 6.92 Å². The minimum Gasteiger partial charge on any atom is -0.330 e. The Morgan fingerprint density at radius 3 is 2.94 bits per heavy atom. The molecular weight excluding hydrogens is 223 g/mol. The molecule has 0 aliphatic rings. The van der Waals surface area contributed by atoms with Crippen molar-refractivity contribution in [2.45, 2.75) is 24.3 Å². The van der Waals surface area contributed by atoms with Gasteiger partial charge in [-0.05, 0) is 36.7 Å². The highest BCUT2D eigenvalue weighted by Gasteiger charge is 2.07. The smallest absolute Gasteiger partial charge is 0.123 e. The van der Waals surface area contributed by atoms with Crippen LogP contribution in [0.15, 0.2) is 18.2 Å². The molecule has 16 heavy (non-hydrogen) atoms. The Kier molecular flexibility index (Phi) is 5.30. The van der Waals surface area contributed by atoms with Crippen LogP contribution in [0.1, 0.15) is 24.5 Å². The van der Waals surface area contributed by atoms with Crippen molar-refractivity contribution in [3.63, 3.8) is 0 Å². The molecule has 0 aromatic heterocycles. The van der Waals surface area contributed by atoms with Gasteiger partial charge in [-0.15, -0.1) is 0 Å². The molecule has 1 aromatic rings. The monoisotopic (exact) mass is 238 g/mol. The van der Waals surface area contributed by atoms with E-state index in [0.29, 0.717) is 23.1 Å². The predicted molar refractivity (Wildman–Crippen MR) is 65.5 cm³/mol. The van der Waals surface area contributed by atoms with Crippen LogP contribution in [0.2, 0.25) is 0 Å². The lowest BCUT2D eigenvalue weighted by atomic mass is 10.1. The predicted octanol–water partition coefficient (Wildman–Crippen LogP) is 2.67. The zero-order chi connectivity index (χ0) is 12.0. The summed E-state index contributed by atoms with van der Waals surface area (Å²) in [6.45, 7) is 2.74. The molecule has 0 amide bonds. The first-order valence-corrected chi connectivity index (χ1v) is 6.22. The van der Waals surface area contributed by atoms with Crippen molar-refractivity contribution in [2.75, 3.05) is 6.54 Å². The van der Waals surface area contributed by atoms with E-state index < -0.39 is 0 Å². The van der Waals surface area contributed by atoms with E-state index in [4.69, 9.17) is 11.0 Å². The summed E-state index contributed by atoms with van der Waals surface area (Å²) in [7, 11) is 0. The highest BCUT2D eigenvalue weighted by Crippen LogP contribution is 2.22. The van der Waals surface area contributed by atoms with Gasteiger partial charge in [0, 0.05) is 11.0 Å². The fraction of sp³-hybridized carbons (Fsp3) is 0.417. The number of nitriles is 1. The maximum Gasteiger partial charge on any atom is 0.123 e. The number of hydrogen-bond acceptors (Lipinski definition) is 3. The molecule has 1 rings (SSSR count). The fourth-order valence-electron chi connectivity index (χ4n) is 1.34. The number of nitrogens with zero attached hydrogens (tertiary/aromatic N) is 1. The molecule has 1 unspecified atom stereocenters. The summed E-state index contributed by atoms with van der Waals surface area (Å²) < 4.78 is 13.0. The minimum absolute atomic E-state index is 0.291. The molecule has 0 aliphatic heterocycles. The summed E-state index contributed by atoms with van der Waals surface area (Å²) in [5, 5.41) is 9.31. The normalized spacial score (nSPS) is 12.1. The number of halogens is 1. The average molecular weight is 238 g/mol. The molecular formula is C12H15FN2S. The first kappa shape index (κ1) is 13.0. The van der Waals surface area contributed by atoms with Gasteiger partial charge < -0.3 is 5.73 Å². The van der Waals surface area contributed by atoms with Crippen molar-refractivity contribution in [3.05, 3.63) is 35.1 Å². The number of rotatable bonds is 5. The summed E-state index contributed by atoms with van der Waals surface area (Å²) in [4.78, 5) is 0. The third-order valence-electron chi connectivity index (χ3n) is 2.28. The van der Waals surface area contributed by atoms with Crippen LogP contribution in [0.3, 0.4) is 0 Å². The van der Waals surface area contributed by atoms with Crippen molar-refractivity contribution < 1.29 is 4.39 Å². The van der Waals surface area contributed by atoms with Crippen LogP contribution in [-0.4, -0.2) is 11.8 Å². The van der Waals surface area contributed by atoms with E-state index >= 15 is 0 Å². The van der Waals surface area contributed by atoms with Crippen LogP contribution < -0.4 is 5.73 Å². The van der Waals surface area contributed by atoms with E-state index in [-0.39, 0.29) is 5.82 Å². The molecule has 0 saturated carbocycles. The molecule has 0 radical (unpaired) electrons. The Morgan fingerprint density at radius 2 is 2.31 bits per heavy atom. The molecule has 1 atom stereocenters. The topological polar surface area (TPSA) is 49.8 Å². The number of benzene rings is 1. The van der Waals surface area contributed by atoms with Crippen LogP contribution in [0.25, 0.3) is 0 Å². The standard InChI is InChI=1S/C12H15FN2S/c1-9(4-5-14)16-8-11-6-12(13)3-2-10(11)7-15/h2-3,6,9H,4-5,8,14H2,1H3. The van der Waals surface area contributed by atoms with Gasteiger partial charge in [0.1, 0.15) is 5.82 Å². The molecule has 1 aromatic carbocycles. The van der Waals surface area contributed by atoms with Gasteiger partial charge in [0.25, 0.3) is 0 Å². The van der Waals surface area contributed by atoms with Gasteiger partial charge in [0.15, 0.2) is 0 Å². The maximum absolute atomic E-state index is 13.0. The van der Waals surface area contributed by atoms with Crippen LogP contribution in [0.4, 0.5) is 4.39 Å². The van der Waals surface area contributed by atoms with Crippen molar-refractivity contribution in [2.24, 2.45) is 5.73 Å². The summed E-state index contributed by atoms with van der Waals surface area (Å²) in [6, 6.07) is 6.35. The molecule has 0 spiro atoms. The van der Waals surface area contributed by atoms with E-state index in [1.54, 1.807) is 11.8 Å². The van der Waals surface area contributed by atoms with Gasteiger partial charge >= 0.3 is 0 Å². The van der Waals surface area contributed by atoms with Crippen molar-refractivity contribution in [1.82, 2.24) is 0 Å². The van der Waals surface area contributed by atoms with Gasteiger partial charge in [0.05, 0.1) is 11.6 Å². The van der Waals surface area contributed by atoms with E-state index in [9.17, 15) is 4.39 Å². The van der Waals surface area contributed by atoms with E-state index in [2.05, 4.69) is 13.0 Å². The first-order chi connectivity index (χ1) is 7.67. The lowest BCUT2D eigenvalue weighted by Crippen LogP contribution is -2.07. The summed E-state index contributed by atoms with van der Waals surface area (Å²) in [6.07, 6.45) is 0.932. The summed E-state index contributed by atoms with van der Waals surface area (Å²) >= 11 is 1.69. The van der Waals surface area contributed by atoms with E-state index in [1.807, 2.05) is 0 Å². The number of nitrogens with two attached hydrogens (primary N) is 1. The summed E-state index contributed by atoms with van der Waals surface area (Å²) in [5.41, 5.74) is 6.76. The van der Waals surface area contributed by atoms with Crippen molar-refractivity contribution >= 4 is 11.8 Å². The molecule has 0 fully saturated rings.